The number of rotatable bonds is 8. The molecule has 0 aliphatic carbocycles. The molecule has 0 aliphatic heterocycles. The summed E-state index contributed by atoms with van der Waals surface area (Å²) in [6.07, 6.45) is 1.81. The molecular formula is C18H30ClNO2. The minimum absolute atomic E-state index is 0.136. The molecule has 4 heteroatoms. The van der Waals surface area contributed by atoms with Crippen LogP contribution >= 0.6 is 11.6 Å². The first-order valence-corrected chi connectivity index (χ1v) is 8.57. The van der Waals surface area contributed by atoms with Gasteiger partial charge in [0.15, 0.2) is 0 Å². The highest BCUT2D eigenvalue weighted by Crippen LogP contribution is 2.39. The molecule has 1 rings (SSSR count). The summed E-state index contributed by atoms with van der Waals surface area (Å²) in [5.74, 6) is 1.05. The maximum atomic E-state index is 10.2. The Labute approximate surface area is 139 Å². The van der Waals surface area contributed by atoms with E-state index in [1.165, 1.54) is 0 Å². The second kappa shape index (κ2) is 8.76. The van der Waals surface area contributed by atoms with E-state index in [9.17, 15) is 5.11 Å². The lowest BCUT2D eigenvalue weighted by Gasteiger charge is -2.25. The van der Waals surface area contributed by atoms with Gasteiger partial charge in [0.05, 0.1) is 12.7 Å². The number of aryl methyl sites for hydroxylation is 1. The number of aliphatic hydroxyl groups excluding tert-OH is 1. The molecule has 1 aromatic rings. The van der Waals surface area contributed by atoms with Gasteiger partial charge in [-0.05, 0) is 56.2 Å². The molecule has 0 radical (unpaired) electrons. The lowest BCUT2D eigenvalue weighted by molar-refractivity contribution is 0.126. The topological polar surface area (TPSA) is 55.5 Å². The van der Waals surface area contributed by atoms with E-state index >= 15 is 0 Å². The van der Waals surface area contributed by atoms with Crippen LogP contribution in [-0.4, -0.2) is 23.9 Å². The van der Waals surface area contributed by atoms with Crippen molar-refractivity contribution in [3.63, 3.8) is 0 Å². The van der Waals surface area contributed by atoms with Gasteiger partial charge in [0, 0.05) is 16.6 Å². The van der Waals surface area contributed by atoms with Gasteiger partial charge < -0.3 is 15.6 Å². The largest absolute Gasteiger partial charge is 0.493 e. The average Bonchev–Trinajstić information content (AvgIpc) is 2.48. The number of ether oxygens (including phenoxy) is 1. The molecule has 0 fully saturated rings. The molecule has 3 nitrogen and oxygen atoms in total. The summed E-state index contributed by atoms with van der Waals surface area (Å²) in [5, 5.41) is 11.0. The lowest BCUT2D eigenvalue weighted by Crippen LogP contribution is -2.34. The summed E-state index contributed by atoms with van der Waals surface area (Å²) in [7, 11) is 0. The van der Waals surface area contributed by atoms with E-state index in [2.05, 4.69) is 13.8 Å². The predicted octanol–water partition coefficient (Wildman–Crippen LogP) is 4.34. The van der Waals surface area contributed by atoms with E-state index in [1.807, 2.05) is 26.8 Å². The first kappa shape index (κ1) is 19.3. The van der Waals surface area contributed by atoms with Crippen LogP contribution in [-0.2, 0) is 0 Å². The fourth-order valence-electron chi connectivity index (χ4n) is 2.79. The molecule has 0 amide bonds. The molecule has 1 aromatic carbocycles. The van der Waals surface area contributed by atoms with Gasteiger partial charge in [-0.1, -0.05) is 32.4 Å². The number of hydrogen-bond acceptors (Lipinski definition) is 3. The van der Waals surface area contributed by atoms with E-state index in [-0.39, 0.29) is 12.0 Å². The highest BCUT2D eigenvalue weighted by molar-refractivity contribution is 6.31. The number of hydrogen-bond donors (Lipinski definition) is 2. The zero-order valence-electron chi connectivity index (χ0n) is 14.4. The van der Waals surface area contributed by atoms with Crippen LogP contribution in [0.25, 0.3) is 0 Å². The van der Waals surface area contributed by atoms with Crippen molar-refractivity contribution in [2.24, 2.45) is 5.73 Å². The fraction of sp³-hybridized carbons (Fsp3) is 0.667. The highest BCUT2D eigenvalue weighted by atomic mass is 35.5. The molecule has 0 saturated carbocycles. The molecule has 22 heavy (non-hydrogen) atoms. The summed E-state index contributed by atoms with van der Waals surface area (Å²) in [6.45, 7) is 10.9. The van der Waals surface area contributed by atoms with Crippen molar-refractivity contribution in [3.8, 4) is 5.75 Å². The maximum absolute atomic E-state index is 10.2. The number of aliphatic hydroxyl groups is 1. The van der Waals surface area contributed by atoms with Crippen LogP contribution in [0.4, 0.5) is 0 Å². The Balaban J connectivity index is 3.14. The Bertz CT molecular complexity index is 490. The van der Waals surface area contributed by atoms with Crippen LogP contribution in [0.15, 0.2) is 6.07 Å². The van der Waals surface area contributed by atoms with E-state index in [4.69, 9.17) is 22.1 Å². The van der Waals surface area contributed by atoms with Crippen LogP contribution in [0.2, 0.25) is 5.02 Å². The summed E-state index contributed by atoms with van der Waals surface area (Å²) in [6, 6.07) is 1.76. The number of halogens is 1. The van der Waals surface area contributed by atoms with E-state index in [1.54, 1.807) is 0 Å². The van der Waals surface area contributed by atoms with Crippen molar-refractivity contribution < 1.29 is 9.84 Å². The second-order valence-corrected chi connectivity index (χ2v) is 6.57. The second-order valence-electron chi connectivity index (χ2n) is 6.17. The molecule has 0 bridgehead atoms. The molecule has 3 atom stereocenters. The van der Waals surface area contributed by atoms with Crippen LogP contribution < -0.4 is 10.5 Å². The Kier molecular flexibility index (Phi) is 7.67. The van der Waals surface area contributed by atoms with Crippen LogP contribution in [0.5, 0.6) is 5.75 Å². The zero-order chi connectivity index (χ0) is 16.9. The van der Waals surface area contributed by atoms with Gasteiger partial charge in [0.2, 0.25) is 0 Å². The third-order valence-corrected chi connectivity index (χ3v) is 4.60. The number of benzene rings is 1. The minimum atomic E-state index is -0.516. The maximum Gasteiger partial charge on any atom is 0.126 e. The van der Waals surface area contributed by atoms with Crippen LogP contribution in [0.3, 0.4) is 0 Å². The van der Waals surface area contributed by atoms with Gasteiger partial charge in [-0.25, -0.2) is 0 Å². The van der Waals surface area contributed by atoms with E-state index in [0.29, 0.717) is 13.0 Å². The standard InChI is InChI=1S/C18H30ClNO2/c1-6-8-22-18-12(4)9-14(19)13(5)17(18)11(3)10-16(21)15(20)7-2/h9,11,15-16,21H,6-8,10,20H2,1-5H3. The molecule has 0 aliphatic rings. The molecule has 0 saturated heterocycles. The molecule has 0 aromatic heterocycles. The first-order chi connectivity index (χ1) is 10.3. The van der Waals surface area contributed by atoms with Crippen LogP contribution in [0.1, 0.15) is 62.6 Å². The van der Waals surface area contributed by atoms with Gasteiger partial charge >= 0.3 is 0 Å². The quantitative estimate of drug-likeness (QED) is 0.746. The van der Waals surface area contributed by atoms with Crippen LogP contribution in [0, 0.1) is 13.8 Å². The Morgan fingerprint density at radius 2 is 1.95 bits per heavy atom. The molecular weight excluding hydrogens is 298 g/mol. The van der Waals surface area contributed by atoms with Crippen molar-refractivity contribution in [1.29, 1.82) is 0 Å². The normalized spacial score (nSPS) is 15.5. The van der Waals surface area contributed by atoms with Gasteiger partial charge in [-0.2, -0.15) is 0 Å². The fourth-order valence-corrected chi connectivity index (χ4v) is 3.06. The third kappa shape index (κ3) is 4.61. The third-order valence-electron chi connectivity index (χ3n) is 4.21. The Hall–Kier alpha value is -0.770. The van der Waals surface area contributed by atoms with Crippen molar-refractivity contribution >= 4 is 11.6 Å². The monoisotopic (exact) mass is 327 g/mol. The summed E-state index contributed by atoms with van der Waals surface area (Å²) >= 11 is 6.35. The molecule has 3 N–H and O–H groups in total. The highest BCUT2D eigenvalue weighted by Gasteiger charge is 2.23. The first-order valence-electron chi connectivity index (χ1n) is 8.19. The predicted molar refractivity (Wildman–Crippen MR) is 94.0 cm³/mol. The van der Waals surface area contributed by atoms with E-state index in [0.717, 1.165) is 40.3 Å². The van der Waals surface area contributed by atoms with Gasteiger partial charge in [0.25, 0.3) is 0 Å². The molecule has 0 heterocycles. The smallest absolute Gasteiger partial charge is 0.126 e. The average molecular weight is 328 g/mol. The van der Waals surface area contributed by atoms with Gasteiger partial charge in [-0.15, -0.1) is 0 Å². The summed E-state index contributed by atoms with van der Waals surface area (Å²) in [5.41, 5.74) is 9.12. The summed E-state index contributed by atoms with van der Waals surface area (Å²) < 4.78 is 5.97. The van der Waals surface area contributed by atoms with Crippen molar-refractivity contribution in [2.45, 2.75) is 71.9 Å². The van der Waals surface area contributed by atoms with E-state index < -0.39 is 6.10 Å². The lowest BCUT2D eigenvalue weighted by atomic mass is 9.87. The van der Waals surface area contributed by atoms with Crippen molar-refractivity contribution in [1.82, 2.24) is 0 Å². The zero-order valence-corrected chi connectivity index (χ0v) is 15.2. The Morgan fingerprint density at radius 1 is 1.32 bits per heavy atom. The number of nitrogens with two attached hydrogens (primary N) is 1. The van der Waals surface area contributed by atoms with Gasteiger partial charge in [-0.3, -0.25) is 0 Å². The molecule has 0 spiro atoms. The molecule has 3 unspecified atom stereocenters. The minimum Gasteiger partial charge on any atom is -0.493 e. The summed E-state index contributed by atoms with van der Waals surface area (Å²) in [4.78, 5) is 0. The van der Waals surface area contributed by atoms with Crippen molar-refractivity contribution in [3.05, 3.63) is 27.8 Å². The van der Waals surface area contributed by atoms with Gasteiger partial charge in [0.1, 0.15) is 5.75 Å². The SMILES string of the molecule is CCCOc1c(C)cc(Cl)c(C)c1C(C)CC(O)C(N)CC. The Morgan fingerprint density at radius 3 is 2.50 bits per heavy atom. The molecule has 126 valence electrons. The van der Waals surface area contributed by atoms with Crippen molar-refractivity contribution in [2.75, 3.05) is 6.61 Å².